The topological polar surface area (TPSA) is 101 Å². The summed E-state index contributed by atoms with van der Waals surface area (Å²) in [6.07, 6.45) is -10.9. The van der Waals surface area contributed by atoms with Gasteiger partial charge in [0.1, 0.15) is 0 Å². The highest BCUT2D eigenvalue weighted by atomic mass is 19.4. The van der Waals surface area contributed by atoms with E-state index in [9.17, 15) is 35.9 Å². The van der Waals surface area contributed by atoms with E-state index in [4.69, 9.17) is 10.2 Å². The van der Waals surface area contributed by atoms with Crippen molar-refractivity contribution in [3.8, 4) is 0 Å². The van der Waals surface area contributed by atoms with Crippen molar-refractivity contribution in [2.24, 2.45) is 5.73 Å². The zero-order valence-corrected chi connectivity index (χ0v) is 11.4. The van der Waals surface area contributed by atoms with Crippen LogP contribution in [0, 0.1) is 0 Å². The number of halogens is 6. The summed E-state index contributed by atoms with van der Waals surface area (Å²) in [5, 5.41) is 17.1. The highest BCUT2D eigenvalue weighted by molar-refractivity contribution is 6.01. The number of carboxylic acid groups (broad SMARTS) is 2. The Morgan fingerprint density at radius 3 is 1.26 bits per heavy atom. The number of carbonyl (C=O) groups is 2. The number of carboxylic acids is 2. The molecule has 0 aliphatic rings. The van der Waals surface area contributed by atoms with Gasteiger partial charge in [0.15, 0.2) is 0 Å². The van der Waals surface area contributed by atoms with Gasteiger partial charge in [0.25, 0.3) is 0 Å². The molecule has 0 saturated heterocycles. The molecule has 0 heterocycles. The maximum absolute atomic E-state index is 11.5. The van der Waals surface area contributed by atoms with Crippen LogP contribution in [0.4, 0.5) is 26.3 Å². The third-order valence-electron chi connectivity index (χ3n) is 2.57. The van der Waals surface area contributed by atoms with E-state index in [0.29, 0.717) is 0 Å². The molecule has 4 N–H and O–H groups in total. The number of rotatable bonds is 2. The first kappa shape index (κ1) is 20.7. The minimum Gasteiger partial charge on any atom is -0.478 e. The molecule has 0 radical (unpaired) electrons. The van der Waals surface area contributed by atoms with Crippen molar-refractivity contribution in [2.45, 2.75) is 24.8 Å². The third-order valence-corrected chi connectivity index (χ3v) is 2.57. The summed E-state index contributed by atoms with van der Waals surface area (Å²) in [6.45, 7) is -0.118. The van der Waals surface area contributed by atoms with Gasteiger partial charge in [-0.2, -0.15) is 26.3 Å². The molecule has 11 heteroatoms. The van der Waals surface area contributed by atoms with Gasteiger partial charge in [-0.15, -0.1) is 0 Å². The lowest BCUT2D eigenvalue weighted by molar-refractivity contribution is -0.290. The standard InChI is InChI=1S/C8H6O4.C4H5F6N/c9-7(10)5-3-1-2-4-6(5)8(11)12;1-2(11,3(5,6)7)4(8,9)10/h1-4H,(H,9,10)(H,11,12);11H2,1H3. The van der Waals surface area contributed by atoms with Gasteiger partial charge in [0, 0.05) is 0 Å². The van der Waals surface area contributed by atoms with Gasteiger partial charge in [0.2, 0.25) is 5.54 Å². The fourth-order valence-corrected chi connectivity index (χ4v) is 1.02. The molecule has 1 aromatic carbocycles. The summed E-state index contributed by atoms with van der Waals surface area (Å²) in [6, 6.07) is 5.48. The molecule has 5 nitrogen and oxygen atoms in total. The molecule has 23 heavy (non-hydrogen) atoms. The number of alkyl halides is 6. The minimum atomic E-state index is -5.47. The van der Waals surface area contributed by atoms with Crippen molar-refractivity contribution >= 4 is 11.9 Å². The molecule has 0 fully saturated rings. The third kappa shape index (κ3) is 5.13. The van der Waals surface area contributed by atoms with E-state index in [-0.39, 0.29) is 18.1 Å². The Hall–Kier alpha value is -2.30. The fourth-order valence-electron chi connectivity index (χ4n) is 1.02. The number of aromatic carboxylic acids is 2. The van der Waals surface area contributed by atoms with Crippen molar-refractivity contribution in [2.75, 3.05) is 0 Å². The lowest BCUT2D eigenvalue weighted by atomic mass is 10.0. The number of nitrogens with two attached hydrogens (primary N) is 1. The molecule has 0 amide bonds. The highest BCUT2D eigenvalue weighted by Gasteiger charge is 2.65. The molecule has 0 spiro atoms. The number of benzene rings is 1. The zero-order valence-electron chi connectivity index (χ0n) is 11.4. The predicted molar refractivity (Wildman–Crippen MR) is 65.1 cm³/mol. The van der Waals surface area contributed by atoms with Gasteiger partial charge in [-0.25, -0.2) is 9.59 Å². The van der Waals surface area contributed by atoms with Crippen molar-refractivity contribution in [3.05, 3.63) is 35.4 Å². The molecular weight excluding hydrogens is 336 g/mol. The second-order valence-corrected chi connectivity index (χ2v) is 4.35. The minimum absolute atomic E-state index is 0.118. The molecule has 0 atom stereocenters. The lowest BCUT2D eigenvalue weighted by Crippen LogP contribution is -2.61. The van der Waals surface area contributed by atoms with Crippen LogP contribution in [-0.4, -0.2) is 40.0 Å². The first-order chi connectivity index (χ1) is 10.1. The van der Waals surface area contributed by atoms with Crippen LogP contribution in [0.3, 0.4) is 0 Å². The molecular formula is C12H11F6NO4. The fraction of sp³-hybridized carbons (Fsp3) is 0.333. The van der Waals surface area contributed by atoms with Gasteiger partial charge in [0.05, 0.1) is 11.1 Å². The molecule has 130 valence electrons. The Labute approximate surface area is 125 Å². The lowest BCUT2D eigenvalue weighted by Gasteiger charge is -2.29. The average Bonchev–Trinajstić information content (AvgIpc) is 2.36. The Balaban J connectivity index is 0.000000423. The van der Waals surface area contributed by atoms with E-state index in [1.165, 1.54) is 24.3 Å². The van der Waals surface area contributed by atoms with Gasteiger partial charge in [-0.05, 0) is 19.1 Å². The molecule has 1 rings (SSSR count). The van der Waals surface area contributed by atoms with Crippen molar-refractivity contribution in [3.63, 3.8) is 0 Å². The monoisotopic (exact) mass is 347 g/mol. The molecule has 0 bridgehead atoms. The second kappa shape index (κ2) is 6.86. The van der Waals surface area contributed by atoms with Gasteiger partial charge >= 0.3 is 24.3 Å². The number of hydrogen-bond acceptors (Lipinski definition) is 3. The van der Waals surface area contributed by atoms with E-state index in [1.54, 1.807) is 0 Å². The molecule has 0 saturated carbocycles. The maximum Gasteiger partial charge on any atom is 0.414 e. The zero-order chi connectivity index (χ0) is 18.6. The van der Waals surface area contributed by atoms with Crippen LogP contribution in [0.2, 0.25) is 0 Å². The Morgan fingerprint density at radius 2 is 1.13 bits per heavy atom. The Bertz CT molecular complexity index is 531. The highest BCUT2D eigenvalue weighted by Crippen LogP contribution is 2.40. The maximum atomic E-state index is 11.5. The van der Waals surface area contributed by atoms with Gasteiger partial charge < -0.3 is 15.9 Å². The van der Waals surface area contributed by atoms with Crippen LogP contribution >= 0.6 is 0 Å². The summed E-state index contributed by atoms with van der Waals surface area (Å²) in [4.78, 5) is 20.9. The molecule has 0 unspecified atom stereocenters. The van der Waals surface area contributed by atoms with Crippen molar-refractivity contribution < 1.29 is 46.1 Å². The predicted octanol–water partition coefficient (Wildman–Crippen LogP) is 2.91. The van der Waals surface area contributed by atoms with E-state index in [2.05, 4.69) is 5.73 Å². The van der Waals surface area contributed by atoms with E-state index >= 15 is 0 Å². The normalized spacial score (nSPS) is 12.2. The van der Waals surface area contributed by atoms with Crippen LogP contribution in [0.5, 0.6) is 0 Å². The number of hydrogen-bond donors (Lipinski definition) is 3. The molecule has 1 aromatic rings. The Kier molecular flexibility index (Phi) is 6.17. The summed E-state index contributed by atoms with van der Waals surface area (Å²) >= 11 is 0. The van der Waals surface area contributed by atoms with Crippen molar-refractivity contribution in [1.82, 2.24) is 0 Å². The van der Waals surface area contributed by atoms with Crippen LogP contribution in [0.25, 0.3) is 0 Å². The first-order valence-electron chi connectivity index (χ1n) is 5.61. The quantitative estimate of drug-likeness (QED) is 0.714. The smallest absolute Gasteiger partial charge is 0.414 e. The van der Waals surface area contributed by atoms with E-state index in [0.717, 1.165) is 0 Å². The van der Waals surface area contributed by atoms with Crippen molar-refractivity contribution in [1.29, 1.82) is 0 Å². The Morgan fingerprint density at radius 1 is 0.870 bits per heavy atom. The summed E-state index contributed by atoms with van der Waals surface area (Å²) in [5.41, 5.74) is -0.484. The summed E-state index contributed by atoms with van der Waals surface area (Å²) in [7, 11) is 0. The first-order valence-corrected chi connectivity index (χ1v) is 5.61. The average molecular weight is 347 g/mol. The van der Waals surface area contributed by atoms with Gasteiger partial charge in [-0.1, -0.05) is 12.1 Å². The van der Waals surface area contributed by atoms with Crippen LogP contribution < -0.4 is 5.73 Å². The molecule has 0 aliphatic heterocycles. The van der Waals surface area contributed by atoms with Crippen LogP contribution in [0.15, 0.2) is 24.3 Å². The van der Waals surface area contributed by atoms with E-state index < -0.39 is 29.8 Å². The van der Waals surface area contributed by atoms with Crippen LogP contribution in [-0.2, 0) is 0 Å². The van der Waals surface area contributed by atoms with E-state index in [1.807, 2.05) is 0 Å². The SMILES string of the molecule is CC(N)(C(F)(F)F)C(F)(F)F.O=C(O)c1ccccc1C(=O)O. The van der Waals surface area contributed by atoms with Gasteiger partial charge in [-0.3, -0.25) is 0 Å². The molecule has 0 aliphatic carbocycles. The summed E-state index contributed by atoms with van der Waals surface area (Å²) in [5.74, 6) is -2.46. The molecule has 0 aromatic heterocycles. The second-order valence-electron chi connectivity index (χ2n) is 4.35. The summed E-state index contributed by atoms with van der Waals surface area (Å²) < 4.78 is 68.9. The largest absolute Gasteiger partial charge is 0.478 e. The van der Waals surface area contributed by atoms with Crippen LogP contribution in [0.1, 0.15) is 27.6 Å².